The predicted octanol–water partition coefficient (Wildman–Crippen LogP) is 5.26. The quantitative estimate of drug-likeness (QED) is 0.188. The Morgan fingerprint density at radius 2 is 1.88 bits per heavy atom. The van der Waals surface area contributed by atoms with Crippen molar-refractivity contribution in [2.75, 3.05) is 13.7 Å². The minimum Gasteiger partial charge on any atom is -0.469 e. The number of pyridine rings is 2. The summed E-state index contributed by atoms with van der Waals surface area (Å²) in [4.78, 5) is 39.1. The van der Waals surface area contributed by atoms with Gasteiger partial charge >= 0.3 is 5.97 Å². The summed E-state index contributed by atoms with van der Waals surface area (Å²) in [6.45, 7) is 7.77. The Kier molecular flexibility index (Phi) is 10.6. The summed E-state index contributed by atoms with van der Waals surface area (Å²) in [5.41, 5.74) is 8.96. The number of nitrogens with zero attached hydrogens (tertiary/aromatic N) is 3. The van der Waals surface area contributed by atoms with Crippen LogP contribution in [0.4, 0.5) is 0 Å². The molecule has 1 atom stereocenters. The average Bonchev–Trinajstić information content (AvgIpc) is 2.88. The van der Waals surface area contributed by atoms with Crippen molar-refractivity contribution in [1.82, 2.24) is 15.3 Å². The summed E-state index contributed by atoms with van der Waals surface area (Å²) in [5, 5.41) is 4.45. The van der Waals surface area contributed by atoms with Crippen LogP contribution in [-0.2, 0) is 25.6 Å². The van der Waals surface area contributed by atoms with Crippen LogP contribution in [0.25, 0.3) is 11.0 Å². The highest BCUT2D eigenvalue weighted by molar-refractivity contribution is 6.34. The molecule has 3 aromatic rings. The Labute approximate surface area is 243 Å². The van der Waals surface area contributed by atoms with E-state index in [1.165, 1.54) is 13.3 Å². The summed E-state index contributed by atoms with van der Waals surface area (Å²) >= 11 is 12.4. The standard InChI is InChI=1S/C29H33Cl2N5O4/c1-17-20(9-18-7-6-8-34-27(18)35-17)14-33-15-23(24(32)16-40-29(2,3)4)28(38)36-25(13-26(37)39-5)19-10-21(30)12-22(31)11-19/h6-12,15,25H,13-14,16,32H2,1-5H3,(H,36,38). The number of methoxy groups -OCH3 is 1. The van der Waals surface area contributed by atoms with Gasteiger partial charge in [0.15, 0.2) is 5.65 Å². The summed E-state index contributed by atoms with van der Waals surface area (Å²) < 4.78 is 10.6. The van der Waals surface area contributed by atoms with E-state index in [4.69, 9.17) is 38.4 Å². The van der Waals surface area contributed by atoms with E-state index in [-0.39, 0.29) is 30.8 Å². The number of hydrogen-bond donors (Lipinski definition) is 2. The first kappa shape index (κ1) is 31.0. The van der Waals surface area contributed by atoms with Crippen molar-refractivity contribution >= 4 is 52.3 Å². The van der Waals surface area contributed by atoms with E-state index in [1.807, 2.05) is 45.9 Å². The van der Waals surface area contributed by atoms with Gasteiger partial charge in [-0.25, -0.2) is 9.97 Å². The van der Waals surface area contributed by atoms with Gasteiger partial charge in [-0.3, -0.25) is 14.6 Å². The Bertz CT molecular complexity index is 1430. The lowest BCUT2D eigenvalue weighted by molar-refractivity contribution is -0.141. The molecule has 212 valence electrons. The number of carbonyl (C=O) groups is 2. The number of benzene rings is 1. The van der Waals surface area contributed by atoms with Crippen LogP contribution in [0, 0.1) is 6.92 Å². The molecule has 11 heteroatoms. The van der Waals surface area contributed by atoms with Crippen LogP contribution < -0.4 is 11.1 Å². The smallest absolute Gasteiger partial charge is 0.307 e. The number of nitrogens with two attached hydrogens (primary N) is 1. The van der Waals surface area contributed by atoms with Gasteiger partial charge in [0.05, 0.1) is 43.9 Å². The number of ether oxygens (including phenoxy) is 2. The molecular formula is C29H33Cl2N5O4. The van der Waals surface area contributed by atoms with Crippen LogP contribution in [-0.4, -0.2) is 47.4 Å². The molecule has 1 aromatic carbocycles. The van der Waals surface area contributed by atoms with Gasteiger partial charge in [-0.15, -0.1) is 0 Å². The van der Waals surface area contributed by atoms with Crippen LogP contribution in [0.1, 0.15) is 50.1 Å². The largest absolute Gasteiger partial charge is 0.469 e. The molecule has 0 fully saturated rings. The lowest BCUT2D eigenvalue weighted by Crippen LogP contribution is -2.34. The molecule has 0 aliphatic heterocycles. The molecule has 0 saturated carbocycles. The lowest BCUT2D eigenvalue weighted by Gasteiger charge is -2.22. The average molecular weight is 587 g/mol. The summed E-state index contributed by atoms with van der Waals surface area (Å²) in [7, 11) is 1.27. The lowest BCUT2D eigenvalue weighted by atomic mass is 10.0. The van der Waals surface area contributed by atoms with Crippen molar-refractivity contribution in [3.8, 4) is 0 Å². The third-order valence-corrected chi connectivity index (χ3v) is 6.25. The van der Waals surface area contributed by atoms with E-state index in [1.54, 1.807) is 24.4 Å². The molecular weight excluding hydrogens is 553 g/mol. The van der Waals surface area contributed by atoms with Crippen LogP contribution in [0.5, 0.6) is 0 Å². The third kappa shape index (κ3) is 9.01. The molecule has 2 aromatic heterocycles. The molecule has 3 N–H and O–H groups in total. The minimum atomic E-state index is -0.796. The van der Waals surface area contributed by atoms with Gasteiger partial charge < -0.3 is 20.5 Å². The minimum absolute atomic E-state index is 0.00877. The molecule has 0 aliphatic rings. The van der Waals surface area contributed by atoms with Crippen LogP contribution in [0.2, 0.25) is 10.0 Å². The maximum atomic E-state index is 13.6. The fourth-order valence-corrected chi connectivity index (χ4v) is 4.25. The van der Waals surface area contributed by atoms with Gasteiger partial charge in [-0.1, -0.05) is 23.2 Å². The second-order valence-corrected chi connectivity index (χ2v) is 11.0. The van der Waals surface area contributed by atoms with Gasteiger partial charge in [0.1, 0.15) is 0 Å². The monoisotopic (exact) mass is 585 g/mol. The first-order valence-electron chi connectivity index (χ1n) is 12.5. The summed E-state index contributed by atoms with van der Waals surface area (Å²) in [5.74, 6) is -1.08. The number of fused-ring (bicyclic) bond motifs is 1. The van der Waals surface area contributed by atoms with Crippen molar-refractivity contribution in [2.45, 2.75) is 52.3 Å². The molecule has 0 saturated heterocycles. The zero-order valence-corrected chi connectivity index (χ0v) is 24.6. The molecule has 40 heavy (non-hydrogen) atoms. The highest BCUT2D eigenvalue weighted by Crippen LogP contribution is 2.26. The molecule has 0 spiro atoms. The number of hydrogen-bond acceptors (Lipinski definition) is 8. The maximum absolute atomic E-state index is 13.6. The van der Waals surface area contributed by atoms with Gasteiger partial charge in [0, 0.05) is 39.2 Å². The normalized spacial score (nSPS) is 13.3. The number of halogens is 2. The Balaban J connectivity index is 1.92. The maximum Gasteiger partial charge on any atom is 0.307 e. The molecule has 9 nitrogen and oxygen atoms in total. The fraction of sp³-hybridized carbons (Fsp3) is 0.345. The first-order chi connectivity index (χ1) is 18.9. The third-order valence-electron chi connectivity index (χ3n) is 5.81. The van der Waals surface area contributed by atoms with Crippen molar-refractivity contribution in [3.63, 3.8) is 0 Å². The van der Waals surface area contributed by atoms with E-state index in [2.05, 4.69) is 20.3 Å². The van der Waals surface area contributed by atoms with Gasteiger partial charge in [-0.2, -0.15) is 0 Å². The first-order valence-corrected chi connectivity index (χ1v) is 13.3. The van der Waals surface area contributed by atoms with Crippen molar-refractivity contribution in [2.24, 2.45) is 10.7 Å². The number of amides is 1. The molecule has 3 rings (SSSR count). The number of rotatable bonds is 10. The summed E-state index contributed by atoms with van der Waals surface area (Å²) in [6, 6.07) is 9.73. The topological polar surface area (TPSA) is 129 Å². The number of aromatic nitrogens is 2. The molecule has 1 amide bonds. The van der Waals surface area contributed by atoms with Crippen molar-refractivity contribution in [1.29, 1.82) is 0 Å². The number of nitrogens with one attached hydrogen (secondary N) is 1. The Hall–Kier alpha value is -3.53. The number of carbonyl (C=O) groups excluding carboxylic acids is 2. The van der Waals surface area contributed by atoms with Gasteiger partial charge in [0.25, 0.3) is 5.91 Å². The van der Waals surface area contributed by atoms with Crippen molar-refractivity contribution < 1.29 is 19.1 Å². The number of esters is 1. The number of aryl methyl sites for hydroxylation is 1. The summed E-state index contributed by atoms with van der Waals surface area (Å²) in [6.07, 6.45) is 2.94. The highest BCUT2D eigenvalue weighted by atomic mass is 35.5. The second kappa shape index (κ2) is 13.7. The zero-order chi connectivity index (χ0) is 29.4. The molecule has 1 unspecified atom stereocenters. The number of aliphatic imine (C=N–C) groups is 1. The fourth-order valence-electron chi connectivity index (χ4n) is 3.71. The van der Waals surface area contributed by atoms with Crippen LogP contribution >= 0.6 is 23.2 Å². The van der Waals surface area contributed by atoms with Gasteiger partial charge in [0.2, 0.25) is 0 Å². The van der Waals surface area contributed by atoms with Gasteiger partial charge in [-0.05, 0) is 75.2 Å². The van der Waals surface area contributed by atoms with E-state index >= 15 is 0 Å². The van der Waals surface area contributed by atoms with Crippen LogP contribution in [0.15, 0.2) is 58.9 Å². The van der Waals surface area contributed by atoms with E-state index in [0.717, 1.165) is 16.6 Å². The van der Waals surface area contributed by atoms with Crippen LogP contribution in [0.3, 0.4) is 0 Å². The highest BCUT2D eigenvalue weighted by Gasteiger charge is 2.23. The second-order valence-electron chi connectivity index (χ2n) is 10.1. The van der Waals surface area contributed by atoms with Crippen molar-refractivity contribution in [3.05, 3.63) is 80.7 Å². The molecule has 0 bridgehead atoms. The van der Waals surface area contributed by atoms with E-state index in [0.29, 0.717) is 21.3 Å². The van der Waals surface area contributed by atoms with E-state index < -0.39 is 23.5 Å². The molecule has 0 radical (unpaired) electrons. The zero-order valence-electron chi connectivity index (χ0n) is 23.1. The predicted molar refractivity (Wildman–Crippen MR) is 157 cm³/mol. The Morgan fingerprint density at radius 3 is 2.52 bits per heavy atom. The molecule has 2 heterocycles. The SMILES string of the molecule is COC(=O)CC(NC(=O)C(C=NCc1cc2cccnc2nc1C)=C(N)COC(C)(C)C)c1cc(Cl)cc(Cl)c1. The molecule has 0 aliphatic carbocycles. The van der Waals surface area contributed by atoms with E-state index in [9.17, 15) is 9.59 Å². The Morgan fingerprint density at radius 1 is 1.18 bits per heavy atom.